The van der Waals surface area contributed by atoms with Gasteiger partial charge < -0.3 is 5.32 Å². The van der Waals surface area contributed by atoms with Crippen LogP contribution in [-0.4, -0.2) is 5.84 Å². The van der Waals surface area contributed by atoms with Crippen molar-refractivity contribution in [1.82, 2.24) is 10.6 Å². The van der Waals surface area contributed by atoms with Crippen molar-refractivity contribution < 1.29 is 0 Å². The molecule has 6 aromatic carbocycles. The molecule has 1 aliphatic rings. The summed E-state index contributed by atoms with van der Waals surface area (Å²) in [4.78, 5) is 5.11. The van der Waals surface area contributed by atoms with Crippen LogP contribution in [0.4, 0.5) is 0 Å². The molecule has 7 rings (SSSR count). The van der Waals surface area contributed by atoms with E-state index < -0.39 is 0 Å². The van der Waals surface area contributed by atoms with Crippen molar-refractivity contribution in [3.05, 3.63) is 168 Å². The topological polar surface area (TPSA) is 60.2 Å². The van der Waals surface area contributed by atoms with Gasteiger partial charge in [-0.1, -0.05) is 133 Å². The van der Waals surface area contributed by atoms with Crippen molar-refractivity contribution in [2.75, 3.05) is 0 Å². The third-order valence-corrected chi connectivity index (χ3v) is 7.83. The van der Waals surface area contributed by atoms with Gasteiger partial charge in [0.2, 0.25) is 0 Å². The molecule has 4 heteroatoms. The van der Waals surface area contributed by atoms with E-state index in [-0.39, 0.29) is 12.3 Å². The zero-order valence-corrected chi connectivity index (χ0v) is 22.9. The Balaban J connectivity index is 1.34. The lowest BCUT2D eigenvalue weighted by atomic mass is 9.90. The highest BCUT2D eigenvalue weighted by atomic mass is 15.3. The highest BCUT2D eigenvalue weighted by Crippen LogP contribution is 2.37. The molecule has 0 saturated carbocycles. The first-order chi connectivity index (χ1) is 20.8. The van der Waals surface area contributed by atoms with Gasteiger partial charge in [0.25, 0.3) is 0 Å². The Hall–Kier alpha value is -5.50. The lowest BCUT2D eigenvalue weighted by Gasteiger charge is -2.34. The molecule has 0 aliphatic carbocycles. The Labute approximate surface area is 245 Å². The van der Waals surface area contributed by atoms with E-state index in [4.69, 9.17) is 10.3 Å². The molecule has 2 unspecified atom stereocenters. The van der Waals surface area contributed by atoms with Gasteiger partial charge in [0.15, 0.2) is 0 Å². The molecule has 0 saturated heterocycles. The fraction of sp³-hybridized carbons (Fsp3) is 0.0526. The normalized spacial score (nSPS) is 16.3. The average Bonchev–Trinajstić information content (AvgIpc) is 3.08. The van der Waals surface area contributed by atoms with Gasteiger partial charge in [-0.2, -0.15) is 5.26 Å². The maximum absolute atomic E-state index is 9.16. The minimum Gasteiger partial charge on any atom is -0.350 e. The highest BCUT2D eigenvalue weighted by Gasteiger charge is 2.28. The van der Waals surface area contributed by atoms with E-state index in [0.29, 0.717) is 5.56 Å². The summed E-state index contributed by atoms with van der Waals surface area (Å²) in [6.07, 6.45) is -0.402. The number of fused-ring (bicyclic) bond motifs is 1. The minimum absolute atomic E-state index is 0.192. The van der Waals surface area contributed by atoms with Crippen LogP contribution in [0, 0.1) is 11.3 Å². The van der Waals surface area contributed by atoms with Crippen LogP contribution >= 0.6 is 0 Å². The number of rotatable bonds is 5. The molecular formula is C38H28N4. The first-order valence-electron chi connectivity index (χ1n) is 14.1. The van der Waals surface area contributed by atoms with Crippen LogP contribution in [0.2, 0.25) is 0 Å². The van der Waals surface area contributed by atoms with Gasteiger partial charge in [0, 0.05) is 11.1 Å². The summed E-state index contributed by atoms with van der Waals surface area (Å²) in [5, 5.41) is 19.1. The highest BCUT2D eigenvalue weighted by molar-refractivity contribution is 6.00. The number of hydrogen-bond donors (Lipinski definition) is 2. The minimum atomic E-state index is -0.210. The molecule has 200 valence electrons. The lowest BCUT2D eigenvalue weighted by molar-refractivity contribution is 0.411. The van der Waals surface area contributed by atoms with E-state index in [1.165, 1.54) is 16.3 Å². The third kappa shape index (κ3) is 4.94. The summed E-state index contributed by atoms with van der Waals surface area (Å²) in [5.74, 6) is 0.864. The molecule has 0 bridgehead atoms. The van der Waals surface area contributed by atoms with Gasteiger partial charge in [-0.05, 0) is 50.7 Å². The summed E-state index contributed by atoms with van der Waals surface area (Å²) in [5.41, 5.74) is 8.51. The van der Waals surface area contributed by atoms with Gasteiger partial charge >= 0.3 is 0 Å². The standard InChI is InChI=1S/C38H28N4/c39-25-26-15-17-27(18-16-26)28-19-21-30(22-20-28)34-24-23-29-9-7-8-14-33(29)35(34)38-41-36(31-10-3-1-4-11-31)40-37(42-38)32-12-5-2-6-13-32/h1-24,36,38,41H,(H,40,42). The maximum atomic E-state index is 9.16. The number of nitriles is 1. The largest absolute Gasteiger partial charge is 0.350 e. The predicted octanol–water partition coefficient (Wildman–Crippen LogP) is 8.38. The Kier molecular flexibility index (Phi) is 6.77. The van der Waals surface area contributed by atoms with E-state index in [0.717, 1.165) is 39.2 Å². The molecule has 0 fully saturated rings. The van der Waals surface area contributed by atoms with Crippen molar-refractivity contribution in [1.29, 1.82) is 5.26 Å². The molecule has 2 atom stereocenters. The molecule has 1 heterocycles. The van der Waals surface area contributed by atoms with Gasteiger partial charge in [-0.25, -0.2) is 4.99 Å². The smallest absolute Gasteiger partial charge is 0.131 e. The molecule has 0 aromatic heterocycles. The second-order valence-corrected chi connectivity index (χ2v) is 10.4. The molecular weight excluding hydrogens is 512 g/mol. The maximum Gasteiger partial charge on any atom is 0.131 e. The van der Waals surface area contributed by atoms with Gasteiger partial charge in [0.05, 0.1) is 11.6 Å². The van der Waals surface area contributed by atoms with Crippen LogP contribution in [0.15, 0.2) is 151 Å². The Morgan fingerprint density at radius 3 is 1.90 bits per heavy atom. The molecule has 4 nitrogen and oxygen atoms in total. The fourth-order valence-corrected chi connectivity index (χ4v) is 5.69. The lowest BCUT2D eigenvalue weighted by Crippen LogP contribution is -2.45. The second-order valence-electron chi connectivity index (χ2n) is 10.4. The van der Waals surface area contributed by atoms with Crippen LogP contribution in [0.5, 0.6) is 0 Å². The number of nitrogens with one attached hydrogen (secondary N) is 2. The number of amidine groups is 1. The van der Waals surface area contributed by atoms with Crippen molar-refractivity contribution in [2.45, 2.75) is 12.3 Å². The molecule has 0 spiro atoms. The fourth-order valence-electron chi connectivity index (χ4n) is 5.69. The quantitative estimate of drug-likeness (QED) is 0.231. The molecule has 2 N–H and O–H groups in total. The SMILES string of the molecule is N#Cc1ccc(-c2ccc(-c3ccc4ccccc4c3C3NC(c4ccccc4)=NC(c4ccccc4)N3)cc2)cc1. The Morgan fingerprint density at radius 1 is 0.571 bits per heavy atom. The molecule has 1 aliphatic heterocycles. The average molecular weight is 541 g/mol. The van der Waals surface area contributed by atoms with Crippen LogP contribution in [0.1, 0.15) is 34.6 Å². The van der Waals surface area contributed by atoms with E-state index in [9.17, 15) is 0 Å². The first-order valence-corrected chi connectivity index (χ1v) is 14.1. The second kappa shape index (κ2) is 11.2. The van der Waals surface area contributed by atoms with Crippen molar-refractivity contribution in [3.63, 3.8) is 0 Å². The van der Waals surface area contributed by atoms with Crippen LogP contribution in [0.25, 0.3) is 33.0 Å². The monoisotopic (exact) mass is 540 g/mol. The van der Waals surface area contributed by atoms with Gasteiger partial charge in [0.1, 0.15) is 18.2 Å². The molecule has 0 amide bonds. The van der Waals surface area contributed by atoms with Gasteiger partial charge in [-0.15, -0.1) is 0 Å². The van der Waals surface area contributed by atoms with E-state index in [2.05, 4.69) is 114 Å². The van der Waals surface area contributed by atoms with Crippen LogP contribution in [0.3, 0.4) is 0 Å². The van der Waals surface area contributed by atoms with Crippen molar-refractivity contribution in [2.24, 2.45) is 4.99 Å². The van der Waals surface area contributed by atoms with E-state index in [1.807, 2.05) is 48.5 Å². The number of benzene rings is 6. The summed E-state index contributed by atoms with van der Waals surface area (Å²) in [6.45, 7) is 0. The zero-order chi connectivity index (χ0) is 28.3. The predicted molar refractivity (Wildman–Crippen MR) is 171 cm³/mol. The Morgan fingerprint density at radius 2 is 1.19 bits per heavy atom. The zero-order valence-electron chi connectivity index (χ0n) is 22.9. The molecule has 42 heavy (non-hydrogen) atoms. The van der Waals surface area contributed by atoms with Gasteiger partial charge in [-0.3, -0.25) is 5.32 Å². The molecule has 6 aromatic rings. The summed E-state index contributed by atoms with van der Waals surface area (Å²) in [7, 11) is 0. The van der Waals surface area contributed by atoms with Crippen molar-refractivity contribution >= 4 is 16.6 Å². The van der Waals surface area contributed by atoms with Crippen LogP contribution in [-0.2, 0) is 0 Å². The van der Waals surface area contributed by atoms with Crippen LogP contribution < -0.4 is 10.6 Å². The summed E-state index contributed by atoms with van der Waals surface area (Å²) < 4.78 is 0. The summed E-state index contributed by atoms with van der Waals surface area (Å²) >= 11 is 0. The van der Waals surface area contributed by atoms with E-state index in [1.54, 1.807) is 0 Å². The van der Waals surface area contributed by atoms with E-state index >= 15 is 0 Å². The van der Waals surface area contributed by atoms with Crippen molar-refractivity contribution in [3.8, 4) is 28.3 Å². The number of aliphatic imine (C=N–C) groups is 1. The summed E-state index contributed by atoms with van der Waals surface area (Å²) in [6, 6.07) is 52.3. The number of hydrogen-bond acceptors (Lipinski definition) is 4. The molecule has 0 radical (unpaired) electrons. The first kappa shape index (κ1) is 25.5. The number of nitrogens with zero attached hydrogens (tertiary/aromatic N) is 2. The Bertz CT molecular complexity index is 1920. The third-order valence-electron chi connectivity index (χ3n) is 7.83.